The lowest BCUT2D eigenvalue weighted by atomic mass is 10.0. The highest BCUT2D eigenvalue weighted by atomic mass is 32.1. The maximum Gasteiger partial charge on any atom is 0.132 e. The number of nitrogens with zero attached hydrogens (tertiary/aromatic N) is 3. The summed E-state index contributed by atoms with van der Waals surface area (Å²) in [4.78, 5) is 2.34. The molecular weight excluding hydrogens is 212 g/mol. The first-order valence-electron chi connectivity index (χ1n) is 4.99. The Kier molecular flexibility index (Phi) is 2.90. The number of hydrogen-bond acceptors (Lipinski definition) is 6. The van der Waals surface area contributed by atoms with E-state index in [1.54, 1.807) is 0 Å². The van der Waals surface area contributed by atoms with Crippen LogP contribution in [-0.2, 0) is 11.3 Å². The summed E-state index contributed by atoms with van der Waals surface area (Å²) in [5.41, 5.74) is 6.72. The molecule has 0 unspecified atom stereocenters. The third kappa shape index (κ3) is 2.27. The second-order valence-electron chi connectivity index (χ2n) is 4.37. The molecule has 0 atom stereocenters. The molecule has 0 aromatic carbocycles. The van der Waals surface area contributed by atoms with E-state index in [-0.39, 0.29) is 5.54 Å². The van der Waals surface area contributed by atoms with Crippen LogP contribution < -0.4 is 5.73 Å². The highest BCUT2D eigenvalue weighted by Crippen LogP contribution is 2.23. The van der Waals surface area contributed by atoms with E-state index in [1.165, 1.54) is 11.5 Å². The normalized spacial score (nSPS) is 21.7. The lowest BCUT2D eigenvalue weighted by molar-refractivity contribution is -0.0557. The van der Waals surface area contributed by atoms with Crippen LogP contribution in [0.2, 0.25) is 0 Å². The van der Waals surface area contributed by atoms with Gasteiger partial charge in [0, 0.05) is 30.2 Å². The quantitative estimate of drug-likeness (QED) is 0.808. The first-order valence-corrected chi connectivity index (χ1v) is 5.76. The van der Waals surface area contributed by atoms with Crippen LogP contribution in [0.5, 0.6) is 0 Å². The van der Waals surface area contributed by atoms with Crippen molar-refractivity contribution >= 4 is 16.5 Å². The van der Waals surface area contributed by atoms with Gasteiger partial charge < -0.3 is 10.5 Å². The van der Waals surface area contributed by atoms with Crippen LogP contribution >= 0.6 is 11.5 Å². The molecule has 2 rings (SSSR count). The van der Waals surface area contributed by atoms with E-state index in [1.807, 2.05) is 0 Å². The van der Waals surface area contributed by atoms with E-state index in [0.29, 0.717) is 0 Å². The van der Waals surface area contributed by atoms with Crippen LogP contribution in [0, 0.1) is 0 Å². The van der Waals surface area contributed by atoms with Crippen molar-refractivity contribution in [3.05, 3.63) is 5.69 Å². The van der Waals surface area contributed by atoms with Crippen molar-refractivity contribution < 1.29 is 4.74 Å². The molecular formula is C9H16N4OS. The van der Waals surface area contributed by atoms with Crippen molar-refractivity contribution in [3.63, 3.8) is 0 Å². The Bertz CT molecular complexity index is 339. The Labute approximate surface area is 93.4 Å². The first-order chi connectivity index (χ1) is 7.09. The number of hydrogen-bond donors (Lipinski definition) is 1. The Hall–Kier alpha value is -0.720. The molecule has 0 bridgehead atoms. The Morgan fingerprint density at radius 1 is 1.60 bits per heavy atom. The summed E-state index contributed by atoms with van der Waals surface area (Å²) in [6.07, 6.45) is 0. The summed E-state index contributed by atoms with van der Waals surface area (Å²) in [6, 6.07) is 0. The number of ether oxygens (including phenoxy) is 1. The monoisotopic (exact) mass is 228 g/mol. The van der Waals surface area contributed by atoms with Crippen molar-refractivity contribution in [2.75, 3.05) is 25.5 Å². The molecule has 0 aliphatic carbocycles. The van der Waals surface area contributed by atoms with Crippen molar-refractivity contribution in [3.8, 4) is 0 Å². The highest BCUT2D eigenvalue weighted by Gasteiger charge is 2.31. The van der Waals surface area contributed by atoms with Gasteiger partial charge in [-0.2, -0.15) is 0 Å². The molecule has 5 nitrogen and oxygen atoms in total. The smallest absolute Gasteiger partial charge is 0.132 e. The summed E-state index contributed by atoms with van der Waals surface area (Å²) < 4.78 is 9.30. The molecule has 2 heterocycles. The van der Waals surface area contributed by atoms with Gasteiger partial charge in [0.1, 0.15) is 10.7 Å². The van der Waals surface area contributed by atoms with Gasteiger partial charge in [-0.15, -0.1) is 5.10 Å². The van der Waals surface area contributed by atoms with Crippen molar-refractivity contribution in [2.45, 2.75) is 25.9 Å². The fraction of sp³-hybridized carbons (Fsp3) is 0.778. The number of anilines is 1. The zero-order valence-electron chi connectivity index (χ0n) is 9.06. The van der Waals surface area contributed by atoms with Gasteiger partial charge in [0.2, 0.25) is 0 Å². The zero-order valence-corrected chi connectivity index (χ0v) is 9.88. The standard InChI is InChI=1S/C9H16N4OS/c1-9(2)6-14-4-3-13(9)5-7-8(10)15-12-11-7/h3-6,10H2,1-2H3. The molecule has 0 radical (unpaired) electrons. The van der Waals surface area contributed by atoms with E-state index >= 15 is 0 Å². The third-order valence-electron chi connectivity index (χ3n) is 2.74. The lowest BCUT2D eigenvalue weighted by Crippen LogP contribution is -2.52. The average molecular weight is 228 g/mol. The summed E-state index contributed by atoms with van der Waals surface area (Å²) in [7, 11) is 0. The van der Waals surface area contributed by atoms with Crippen molar-refractivity contribution in [2.24, 2.45) is 0 Å². The molecule has 6 heteroatoms. The fourth-order valence-electron chi connectivity index (χ4n) is 1.69. The van der Waals surface area contributed by atoms with Gasteiger partial charge in [-0.25, -0.2) is 0 Å². The molecule has 1 aromatic rings. The van der Waals surface area contributed by atoms with E-state index in [2.05, 4.69) is 28.3 Å². The maximum absolute atomic E-state index is 5.78. The van der Waals surface area contributed by atoms with Gasteiger partial charge >= 0.3 is 0 Å². The van der Waals surface area contributed by atoms with E-state index in [0.717, 1.165) is 37.0 Å². The van der Waals surface area contributed by atoms with Crippen LogP contribution in [0.15, 0.2) is 0 Å². The second-order valence-corrected chi connectivity index (χ2v) is 5.16. The topological polar surface area (TPSA) is 64.3 Å². The lowest BCUT2D eigenvalue weighted by Gasteiger charge is -2.41. The molecule has 1 aliphatic heterocycles. The summed E-state index contributed by atoms with van der Waals surface area (Å²) in [5.74, 6) is 0. The molecule has 1 saturated heterocycles. The largest absolute Gasteiger partial charge is 0.388 e. The van der Waals surface area contributed by atoms with E-state index in [4.69, 9.17) is 10.5 Å². The zero-order chi connectivity index (χ0) is 10.9. The van der Waals surface area contributed by atoms with Crippen LogP contribution in [0.1, 0.15) is 19.5 Å². The van der Waals surface area contributed by atoms with Crippen LogP contribution in [0.25, 0.3) is 0 Å². The average Bonchev–Trinajstić information content (AvgIpc) is 2.56. The van der Waals surface area contributed by atoms with Crippen molar-refractivity contribution in [1.82, 2.24) is 14.5 Å². The van der Waals surface area contributed by atoms with Gasteiger partial charge in [-0.05, 0) is 13.8 Å². The molecule has 2 N–H and O–H groups in total. The fourth-order valence-corrected chi connectivity index (χ4v) is 2.13. The number of rotatable bonds is 2. The molecule has 1 aliphatic rings. The molecule has 84 valence electrons. The van der Waals surface area contributed by atoms with Gasteiger partial charge in [0.15, 0.2) is 0 Å². The SMILES string of the molecule is CC1(C)COCCN1Cc1nnsc1N. The molecule has 1 aromatic heterocycles. The predicted molar refractivity (Wildman–Crippen MR) is 59.6 cm³/mol. The molecule has 1 fully saturated rings. The minimum atomic E-state index is 0.0499. The van der Waals surface area contributed by atoms with Gasteiger partial charge in [0.25, 0.3) is 0 Å². The Morgan fingerprint density at radius 3 is 3.00 bits per heavy atom. The Morgan fingerprint density at radius 2 is 2.40 bits per heavy atom. The first kappa shape index (κ1) is 10.8. The van der Waals surface area contributed by atoms with Crippen LogP contribution in [0.4, 0.5) is 5.00 Å². The number of nitrogen functional groups attached to an aromatic ring is 1. The van der Waals surface area contributed by atoms with Crippen LogP contribution in [0.3, 0.4) is 0 Å². The molecule has 0 amide bonds. The summed E-state index contributed by atoms with van der Waals surface area (Å²) in [5, 5.41) is 4.76. The molecule has 0 spiro atoms. The highest BCUT2D eigenvalue weighted by molar-refractivity contribution is 7.09. The number of aromatic nitrogens is 2. The number of morpholine rings is 1. The van der Waals surface area contributed by atoms with Gasteiger partial charge in [0.05, 0.1) is 13.2 Å². The summed E-state index contributed by atoms with van der Waals surface area (Å²) >= 11 is 1.25. The van der Waals surface area contributed by atoms with Gasteiger partial charge in [-0.3, -0.25) is 4.90 Å². The summed E-state index contributed by atoms with van der Waals surface area (Å²) in [6.45, 7) is 7.55. The maximum atomic E-state index is 5.78. The number of nitrogens with two attached hydrogens (primary N) is 1. The van der Waals surface area contributed by atoms with Crippen molar-refractivity contribution in [1.29, 1.82) is 0 Å². The third-order valence-corrected chi connectivity index (χ3v) is 3.34. The Balaban J connectivity index is 2.07. The molecule has 15 heavy (non-hydrogen) atoms. The van der Waals surface area contributed by atoms with E-state index in [9.17, 15) is 0 Å². The molecule has 0 saturated carbocycles. The minimum Gasteiger partial charge on any atom is -0.388 e. The van der Waals surface area contributed by atoms with Gasteiger partial charge in [-0.1, -0.05) is 4.49 Å². The predicted octanol–water partition coefficient (Wildman–Crippen LogP) is 0.731. The minimum absolute atomic E-state index is 0.0499. The van der Waals surface area contributed by atoms with Crippen LogP contribution in [-0.4, -0.2) is 39.8 Å². The van der Waals surface area contributed by atoms with E-state index < -0.39 is 0 Å². The second kappa shape index (κ2) is 4.03.